The number of halogens is 1. The van der Waals surface area contributed by atoms with Gasteiger partial charge < -0.3 is 0 Å². The maximum absolute atomic E-state index is 12.1. The summed E-state index contributed by atoms with van der Waals surface area (Å²) in [4.78, 5) is 0. The Balaban J connectivity index is 2.42. The zero-order valence-electron chi connectivity index (χ0n) is 14.3. The quantitative estimate of drug-likeness (QED) is 0.585. The number of benzene rings is 2. The van der Waals surface area contributed by atoms with Crippen molar-refractivity contribution in [2.24, 2.45) is 0 Å². The van der Waals surface area contributed by atoms with Crippen molar-refractivity contribution in [2.75, 3.05) is 5.75 Å². The molecule has 2 rings (SSSR count). The normalized spacial score (nSPS) is 12.8. The van der Waals surface area contributed by atoms with Gasteiger partial charge in [0.25, 0.3) is 0 Å². The molecule has 0 spiro atoms. The summed E-state index contributed by atoms with van der Waals surface area (Å²) >= 11 is -2.57. The van der Waals surface area contributed by atoms with E-state index in [2.05, 4.69) is 0 Å². The van der Waals surface area contributed by atoms with Crippen LogP contribution in [0.3, 0.4) is 0 Å². The van der Waals surface area contributed by atoms with E-state index in [0.717, 1.165) is 12.9 Å². The molecule has 24 heavy (non-hydrogen) atoms. The van der Waals surface area contributed by atoms with Gasteiger partial charge in [-0.25, -0.2) is 0 Å². The first kappa shape index (κ1) is 19.2. The Labute approximate surface area is 152 Å². The van der Waals surface area contributed by atoms with Gasteiger partial charge in [-0.05, 0) is 0 Å². The van der Waals surface area contributed by atoms with Crippen molar-refractivity contribution < 1.29 is 15.7 Å². The third-order valence-corrected chi connectivity index (χ3v) is 10.3. The van der Waals surface area contributed by atoms with E-state index in [4.69, 9.17) is 7.25 Å². The summed E-state index contributed by atoms with van der Waals surface area (Å²) in [7, 11) is -3.53. The molecule has 0 atom stereocenters. The Morgan fingerprint density at radius 2 is 1.58 bits per heavy atom. The summed E-state index contributed by atoms with van der Waals surface area (Å²) in [5, 5.41) is 0. The van der Waals surface area contributed by atoms with Gasteiger partial charge in [-0.2, -0.15) is 0 Å². The number of hydrogen-bond donors (Lipinski definition) is 0. The Morgan fingerprint density at radius 3 is 2.17 bits per heavy atom. The van der Waals surface area contributed by atoms with Gasteiger partial charge in [0.2, 0.25) is 0 Å². The summed E-state index contributed by atoms with van der Waals surface area (Å²) in [6.45, 7) is 7.52. The average Bonchev–Trinajstić information content (AvgIpc) is 2.52. The zero-order valence-corrected chi connectivity index (χ0v) is 17.3. The molecule has 0 fully saturated rings. The average molecular weight is 462 g/mol. The molecule has 0 aliphatic carbocycles. The van der Waals surface area contributed by atoms with E-state index in [1.807, 2.05) is 75.4 Å². The molecule has 0 unspecified atom stereocenters. The number of rotatable bonds is 6. The van der Waals surface area contributed by atoms with Crippen LogP contribution in [-0.4, -0.2) is 19.8 Å². The first-order valence-corrected chi connectivity index (χ1v) is 12.3. The molecule has 0 aromatic heterocycles. The third-order valence-electron chi connectivity index (χ3n) is 2.86. The predicted octanol–water partition coefficient (Wildman–Crippen LogP) is 4.69. The van der Waals surface area contributed by atoms with Gasteiger partial charge in [-0.15, -0.1) is 0 Å². The van der Waals surface area contributed by atoms with Crippen LogP contribution in [0.2, 0.25) is 0 Å². The van der Waals surface area contributed by atoms with Crippen molar-refractivity contribution in [2.45, 2.75) is 33.3 Å². The van der Waals surface area contributed by atoms with Gasteiger partial charge in [-0.1, -0.05) is 0 Å². The summed E-state index contributed by atoms with van der Waals surface area (Å²) < 4.78 is 37.5. The minimum absolute atomic E-state index is 0.0357. The monoisotopic (exact) mass is 462 g/mol. The molecule has 0 bridgehead atoms. The van der Waals surface area contributed by atoms with Crippen molar-refractivity contribution in [1.82, 2.24) is 0 Å². The molecule has 6 heteroatoms. The molecule has 0 heterocycles. The van der Waals surface area contributed by atoms with Crippen LogP contribution in [-0.2, 0) is 12.6 Å². The van der Waals surface area contributed by atoms with E-state index in [-0.39, 0.29) is 11.4 Å². The second-order valence-corrected chi connectivity index (χ2v) is 12.9. The second-order valence-electron chi connectivity index (χ2n) is 6.13. The van der Waals surface area contributed by atoms with Crippen LogP contribution in [0, 0.1) is 7.14 Å². The van der Waals surface area contributed by atoms with Gasteiger partial charge in [0.1, 0.15) is 0 Å². The molecule has 0 saturated heterocycles. The van der Waals surface area contributed by atoms with Crippen LogP contribution in [0.5, 0.6) is 5.75 Å². The Bertz CT molecular complexity index is 767. The van der Waals surface area contributed by atoms with Crippen molar-refractivity contribution >= 4 is 30.4 Å². The van der Waals surface area contributed by atoms with E-state index in [1.54, 1.807) is 6.92 Å². The van der Waals surface area contributed by atoms with Crippen LogP contribution < -0.4 is 4.74 Å². The molecule has 0 N–H and O–H groups in total. The van der Waals surface area contributed by atoms with Gasteiger partial charge in [0.15, 0.2) is 0 Å². The summed E-state index contributed by atoms with van der Waals surface area (Å²) in [6, 6.07) is 17.1. The molecule has 0 radical (unpaired) electrons. The molecular weight excluding hydrogens is 439 g/mol. The summed E-state index contributed by atoms with van der Waals surface area (Å²) in [5.74, 6) is 0.683. The summed E-state index contributed by atoms with van der Waals surface area (Å²) in [5.41, 5.74) is -0.319. The SMILES string of the molecule is CCS(=O)(=O)OI(c1ccccc1)c1cccc(OC(C)(C)C)c1. The molecule has 2 aromatic rings. The fraction of sp³-hybridized carbons (Fsp3) is 0.333. The molecule has 0 amide bonds. The number of ether oxygens (including phenoxy) is 1. The minimum atomic E-state index is -3.53. The fourth-order valence-corrected chi connectivity index (χ4v) is 8.85. The zero-order chi connectivity index (χ0) is 17.8. The van der Waals surface area contributed by atoms with Crippen LogP contribution in [0.15, 0.2) is 54.6 Å². The van der Waals surface area contributed by atoms with Gasteiger partial charge in [0.05, 0.1) is 0 Å². The molecule has 0 aliphatic heterocycles. The Kier molecular flexibility index (Phi) is 6.28. The van der Waals surface area contributed by atoms with E-state index >= 15 is 0 Å². The summed E-state index contributed by atoms with van der Waals surface area (Å²) in [6.07, 6.45) is 0. The van der Waals surface area contributed by atoms with E-state index in [0.29, 0.717) is 0 Å². The van der Waals surface area contributed by atoms with Crippen LogP contribution in [0.25, 0.3) is 0 Å². The van der Waals surface area contributed by atoms with Crippen molar-refractivity contribution in [3.05, 3.63) is 61.7 Å². The van der Waals surface area contributed by atoms with E-state index < -0.39 is 30.4 Å². The van der Waals surface area contributed by atoms with Crippen LogP contribution >= 0.6 is 20.2 Å². The molecule has 132 valence electrons. The first-order chi connectivity index (χ1) is 11.2. The van der Waals surface area contributed by atoms with Crippen LogP contribution in [0.4, 0.5) is 0 Å². The second kappa shape index (κ2) is 7.84. The topological polar surface area (TPSA) is 52.6 Å². The Hall–Kier alpha value is -1.12. The van der Waals surface area contributed by atoms with E-state index in [9.17, 15) is 8.42 Å². The van der Waals surface area contributed by atoms with Crippen molar-refractivity contribution in [1.29, 1.82) is 0 Å². The van der Waals surface area contributed by atoms with E-state index in [1.165, 1.54) is 0 Å². The number of hydrogen-bond acceptors (Lipinski definition) is 4. The molecule has 0 aliphatic rings. The van der Waals surface area contributed by atoms with Gasteiger partial charge >= 0.3 is 153 Å². The van der Waals surface area contributed by atoms with Gasteiger partial charge in [0, 0.05) is 0 Å². The van der Waals surface area contributed by atoms with Crippen molar-refractivity contribution in [3.8, 4) is 5.75 Å². The Morgan fingerprint density at radius 1 is 0.958 bits per heavy atom. The molecule has 2 aromatic carbocycles. The standard InChI is InChI=1S/C18H23IO4S/c1-5-24(20,21)23-19(15-10-7-6-8-11-15)16-12-9-13-17(14-16)22-18(2,3)4/h6-14H,5H2,1-4H3. The molecular formula is C18H23IO4S. The molecule has 0 saturated carbocycles. The van der Waals surface area contributed by atoms with Crippen molar-refractivity contribution in [3.63, 3.8) is 0 Å². The van der Waals surface area contributed by atoms with Gasteiger partial charge in [-0.3, -0.25) is 0 Å². The fourth-order valence-electron chi connectivity index (χ4n) is 1.86. The maximum atomic E-state index is 12.1. The third kappa shape index (κ3) is 5.75. The first-order valence-electron chi connectivity index (χ1n) is 7.67. The van der Waals surface area contributed by atoms with Crippen LogP contribution in [0.1, 0.15) is 27.7 Å². The predicted molar refractivity (Wildman–Crippen MR) is 105 cm³/mol. The molecule has 4 nitrogen and oxygen atoms in total.